The largest absolute Gasteiger partial charge is 0.440 e. The normalized spacial score (nSPS) is 18.9. The van der Waals surface area contributed by atoms with Gasteiger partial charge in [0, 0.05) is 11.0 Å². The van der Waals surface area contributed by atoms with Crippen LogP contribution in [-0.2, 0) is 5.41 Å². The van der Waals surface area contributed by atoms with E-state index >= 15 is 0 Å². The van der Waals surface area contributed by atoms with Crippen molar-refractivity contribution >= 4 is 27.0 Å². The number of nitrogens with zero attached hydrogens (tertiary/aromatic N) is 1. The van der Waals surface area contributed by atoms with Crippen molar-refractivity contribution in [3.8, 4) is 0 Å². The van der Waals surface area contributed by atoms with Gasteiger partial charge in [-0.05, 0) is 31.0 Å². The van der Waals surface area contributed by atoms with Crippen molar-refractivity contribution in [1.82, 2.24) is 4.98 Å². The van der Waals surface area contributed by atoms with Crippen LogP contribution in [0, 0.1) is 0 Å². The molecular formula is C13H15BrN2O. The number of fused-ring (bicyclic) bond motifs is 1. The highest BCUT2D eigenvalue weighted by atomic mass is 79.9. The lowest BCUT2D eigenvalue weighted by molar-refractivity contribution is 0.344. The number of nitrogens with two attached hydrogens (primary N) is 1. The molecule has 2 aromatic rings. The monoisotopic (exact) mass is 294 g/mol. The molecule has 1 aromatic heterocycles. The van der Waals surface area contributed by atoms with Crippen LogP contribution in [0.1, 0.15) is 31.6 Å². The van der Waals surface area contributed by atoms with E-state index in [4.69, 9.17) is 10.2 Å². The molecule has 1 saturated carbocycles. The summed E-state index contributed by atoms with van der Waals surface area (Å²) < 4.78 is 6.92. The van der Waals surface area contributed by atoms with Gasteiger partial charge in [-0.1, -0.05) is 28.8 Å². The minimum absolute atomic E-state index is 0.0223. The zero-order valence-electron chi connectivity index (χ0n) is 9.58. The number of rotatable bonds is 2. The van der Waals surface area contributed by atoms with Crippen molar-refractivity contribution in [3.05, 3.63) is 28.6 Å². The Balaban J connectivity index is 2.11. The summed E-state index contributed by atoms with van der Waals surface area (Å²) in [7, 11) is 0. The summed E-state index contributed by atoms with van der Waals surface area (Å²) in [4.78, 5) is 4.62. The molecule has 0 amide bonds. The van der Waals surface area contributed by atoms with Crippen molar-refractivity contribution in [1.29, 1.82) is 0 Å². The topological polar surface area (TPSA) is 52.0 Å². The lowest BCUT2D eigenvalue weighted by atomic mass is 9.86. The average molecular weight is 295 g/mol. The first kappa shape index (κ1) is 11.2. The quantitative estimate of drug-likeness (QED) is 0.924. The molecule has 17 heavy (non-hydrogen) atoms. The van der Waals surface area contributed by atoms with E-state index in [1.54, 1.807) is 0 Å². The summed E-state index contributed by atoms with van der Waals surface area (Å²) in [6.45, 7) is 0.626. The first-order valence-corrected chi connectivity index (χ1v) is 6.79. The van der Waals surface area contributed by atoms with E-state index in [1.165, 1.54) is 12.8 Å². The molecule has 0 aliphatic heterocycles. The first-order chi connectivity index (χ1) is 8.23. The molecule has 3 nitrogen and oxygen atoms in total. The van der Waals surface area contributed by atoms with Gasteiger partial charge in [-0.3, -0.25) is 0 Å². The Morgan fingerprint density at radius 1 is 1.35 bits per heavy atom. The van der Waals surface area contributed by atoms with E-state index in [9.17, 15) is 0 Å². The highest BCUT2D eigenvalue weighted by molar-refractivity contribution is 9.10. The predicted octanol–water partition coefficient (Wildman–Crippen LogP) is 3.36. The van der Waals surface area contributed by atoms with Gasteiger partial charge in [0.25, 0.3) is 0 Å². The molecular weight excluding hydrogens is 280 g/mol. The van der Waals surface area contributed by atoms with Crippen molar-refractivity contribution in [2.24, 2.45) is 5.73 Å². The lowest BCUT2D eigenvalue weighted by Crippen LogP contribution is -2.32. The molecule has 1 heterocycles. The third kappa shape index (κ3) is 1.79. The first-order valence-electron chi connectivity index (χ1n) is 6.00. The van der Waals surface area contributed by atoms with Gasteiger partial charge < -0.3 is 10.2 Å². The molecule has 90 valence electrons. The average Bonchev–Trinajstić information content (AvgIpc) is 2.94. The van der Waals surface area contributed by atoms with E-state index in [-0.39, 0.29) is 5.41 Å². The van der Waals surface area contributed by atoms with Crippen molar-refractivity contribution in [2.75, 3.05) is 6.54 Å². The van der Waals surface area contributed by atoms with Crippen molar-refractivity contribution in [3.63, 3.8) is 0 Å². The summed E-state index contributed by atoms with van der Waals surface area (Å²) in [5, 5.41) is 0. The summed E-state index contributed by atoms with van der Waals surface area (Å²) in [5.41, 5.74) is 7.68. The number of benzene rings is 1. The molecule has 0 spiro atoms. The molecule has 0 atom stereocenters. The molecule has 1 aliphatic carbocycles. The molecule has 1 fully saturated rings. The van der Waals surface area contributed by atoms with Gasteiger partial charge in [0.2, 0.25) is 5.89 Å². The van der Waals surface area contributed by atoms with Gasteiger partial charge in [-0.25, -0.2) is 4.98 Å². The molecule has 0 saturated heterocycles. The van der Waals surface area contributed by atoms with Gasteiger partial charge in [-0.2, -0.15) is 0 Å². The fourth-order valence-corrected chi connectivity index (χ4v) is 3.03. The highest BCUT2D eigenvalue weighted by Crippen LogP contribution is 2.40. The molecule has 2 N–H and O–H groups in total. The standard InChI is InChI=1S/C13H15BrN2O/c14-9-3-4-11-10(7-9)16-12(17-11)13(8-15)5-1-2-6-13/h3-4,7H,1-2,5-6,8,15H2. The third-order valence-electron chi connectivity index (χ3n) is 3.75. The number of aromatic nitrogens is 1. The number of hydrogen-bond donors (Lipinski definition) is 1. The van der Waals surface area contributed by atoms with Crippen LogP contribution in [0.4, 0.5) is 0 Å². The Morgan fingerprint density at radius 3 is 2.82 bits per heavy atom. The third-order valence-corrected chi connectivity index (χ3v) is 4.25. The highest BCUT2D eigenvalue weighted by Gasteiger charge is 2.38. The van der Waals surface area contributed by atoms with Crippen molar-refractivity contribution in [2.45, 2.75) is 31.1 Å². The van der Waals surface area contributed by atoms with Gasteiger partial charge in [0.1, 0.15) is 5.52 Å². The molecule has 1 aromatic carbocycles. The van der Waals surface area contributed by atoms with E-state index in [2.05, 4.69) is 20.9 Å². The second kappa shape index (κ2) is 4.10. The molecule has 0 unspecified atom stereocenters. The smallest absolute Gasteiger partial charge is 0.202 e. The Morgan fingerprint density at radius 2 is 2.12 bits per heavy atom. The zero-order valence-corrected chi connectivity index (χ0v) is 11.2. The fraction of sp³-hybridized carbons (Fsp3) is 0.462. The van der Waals surface area contributed by atoms with Crippen LogP contribution < -0.4 is 5.73 Å². The van der Waals surface area contributed by atoms with E-state index < -0.39 is 0 Å². The maximum atomic E-state index is 5.94. The van der Waals surface area contributed by atoms with Crippen molar-refractivity contribution < 1.29 is 4.42 Å². The minimum Gasteiger partial charge on any atom is -0.440 e. The SMILES string of the molecule is NCC1(c2nc3cc(Br)ccc3o2)CCCC1. The Bertz CT molecular complexity index is 543. The molecule has 3 rings (SSSR count). The summed E-state index contributed by atoms with van der Waals surface area (Å²) in [6.07, 6.45) is 4.63. The Labute approximate surface area is 109 Å². The van der Waals surface area contributed by atoms with Crippen LogP contribution in [0.2, 0.25) is 0 Å². The van der Waals surface area contributed by atoms with Gasteiger partial charge in [0.15, 0.2) is 5.58 Å². The van der Waals surface area contributed by atoms with Crippen LogP contribution in [-0.4, -0.2) is 11.5 Å². The molecule has 0 bridgehead atoms. The maximum absolute atomic E-state index is 5.94. The van der Waals surface area contributed by atoms with Crippen LogP contribution in [0.5, 0.6) is 0 Å². The minimum atomic E-state index is -0.0223. The summed E-state index contributed by atoms with van der Waals surface area (Å²) >= 11 is 3.45. The van der Waals surface area contributed by atoms with Gasteiger partial charge in [-0.15, -0.1) is 0 Å². The lowest BCUT2D eigenvalue weighted by Gasteiger charge is -2.22. The van der Waals surface area contributed by atoms with Crippen LogP contribution in [0.25, 0.3) is 11.1 Å². The molecule has 4 heteroatoms. The van der Waals surface area contributed by atoms with Gasteiger partial charge >= 0.3 is 0 Å². The number of hydrogen-bond acceptors (Lipinski definition) is 3. The van der Waals surface area contributed by atoms with E-state index in [0.29, 0.717) is 6.54 Å². The molecule has 0 radical (unpaired) electrons. The van der Waals surface area contributed by atoms with E-state index in [0.717, 1.165) is 34.3 Å². The fourth-order valence-electron chi connectivity index (χ4n) is 2.68. The van der Waals surface area contributed by atoms with Crippen LogP contribution in [0.3, 0.4) is 0 Å². The van der Waals surface area contributed by atoms with Gasteiger partial charge in [0.05, 0.1) is 5.41 Å². The second-order valence-electron chi connectivity index (χ2n) is 4.82. The maximum Gasteiger partial charge on any atom is 0.202 e. The Kier molecular flexibility index (Phi) is 2.71. The number of halogens is 1. The van der Waals surface area contributed by atoms with E-state index in [1.807, 2.05) is 18.2 Å². The predicted molar refractivity (Wildman–Crippen MR) is 70.9 cm³/mol. The van der Waals surface area contributed by atoms with Crippen LogP contribution >= 0.6 is 15.9 Å². The summed E-state index contributed by atoms with van der Waals surface area (Å²) in [5.74, 6) is 0.825. The molecule has 1 aliphatic rings. The second-order valence-corrected chi connectivity index (χ2v) is 5.74. The summed E-state index contributed by atoms with van der Waals surface area (Å²) in [6, 6.07) is 5.91. The van der Waals surface area contributed by atoms with Crippen LogP contribution in [0.15, 0.2) is 27.1 Å². The Hall–Kier alpha value is -0.870. The zero-order chi connectivity index (χ0) is 11.9. The number of oxazole rings is 1.